The van der Waals surface area contributed by atoms with E-state index in [4.69, 9.17) is 5.26 Å². The third kappa shape index (κ3) is 3.57. The molecule has 1 aromatic rings. The summed E-state index contributed by atoms with van der Waals surface area (Å²) in [6, 6.07) is 12.5. The Labute approximate surface area is 91.2 Å². The van der Waals surface area contributed by atoms with Gasteiger partial charge in [0.1, 0.15) is 0 Å². The van der Waals surface area contributed by atoms with E-state index in [-0.39, 0.29) is 12.1 Å². The third-order valence-electron chi connectivity index (χ3n) is 2.31. The minimum Gasteiger partial charge on any atom is -0.303 e. The summed E-state index contributed by atoms with van der Waals surface area (Å²) in [4.78, 5) is 0. The van der Waals surface area contributed by atoms with Gasteiger partial charge in [0.2, 0.25) is 0 Å². The molecule has 0 fully saturated rings. The molecule has 1 aromatic carbocycles. The molecule has 0 radical (unpaired) electrons. The highest BCUT2D eigenvalue weighted by Gasteiger charge is 2.11. The van der Waals surface area contributed by atoms with Gasteiger partial charge < -0.3 is 5.32 Å². The lowest BCUT2D eigenvalue weighted by Gasteiger charge is -2.19. The summed E-state index contributed by atoms with van der Waals surface area (Å²) in [5.41, 5.74) is 1.15. The average Bonchev–Trinajstić information content (AvgIpc) is 2.29. The zero-order valence-electron chi connectivity index (χ0n) is 8.98. The first-order chi connectivity index (χ1) is 7.27. The fourth-order valence-electron chi connectivity index (χ4n) is 1.44. The topological polar surface area (TPSA) is 35.8 Å². The molecule has 0 aliphatic carbocycles. The predicted octanol–water partition coefficient (Wildman–Crippen LogP) is 2.81. The van der Waals surface area contributed by atoms with Crippen molar-refractivity contribution in [3.8, 4) is 6.07 Å². The largest absolute Gasteiger partial charge is 0.303 e. The molecule has 2 unspecified atom stereocenters. The molecule has 0 aromatic heterocycles. The summed E-state index contributed by atoms with van der Waals surface area (Å²) in [7, 11) is 0. The van der Waals surface area contributed by atoms with E-state index < -0.39 is 0 Å². The summed E-state index contributed by atoms with van der Waals surface area (Å²) in [6.45, 7) is 5.75. The van der Waals surface area contributed by atoms with Crippen molar-refractivity contribution < 1.29 is 0 Å². The molecule has 78 valence electrons. The Balaban J connectivity index is 2.75. The number of hydrogen-bond donors (Lipinski definition) is 1. The molecule has 15 heavy (non-hydrogen) atoms. The summed E-state index contributed by atoms with van der Waals surface area (Å²) in [5.74, 6) is 0. The van der Waals surface area contributed by atoms with Gasteiger partial charge in [-0.15, -0.1) is 6.58 Å². The second-order valence-electron chi connectivity index (χ2n) is 3.52. The van der Waals surface area contributed by atoms with E-state index >= 15 is 0 Å². The molecular weight excluding hydrogens is 184 g/mol. The molecule has 1 rings (SSSR count). The summed E-state index contributed by atoms with van der Waals surface area (Å²) >= 11 is 0. The molecule has 1 N–H and O–H groups in total. The molecule has 0 heterocycles. The van der Waals surface area contributed by atoms with Crippen LogP contribution in [0.15, 0.2) is 43.0 Å². The van der Waals surface area contributed by atoms with Crippen molar-refractivity contribution in [3.05, 3.63) is 48.6 Å². The maximum absolute atomic E-state index is 8.77. The highest BCUT2D eigenvalue weighted by atomic mass is 14.9. The van der Waals surface area contributed by atoms with Crippen LogP contribution in [-0.2, 0) is 0 Å². The summed E-state index contributed by atoms with van der Waals surface area (Å²) in [6.07, 6.45) is 2.31. The zero-order valence-corrected chi connectivity index (χ0v) is 8.98. The number of hydrogen-bond acceptors (Lipinski definition) is 2. The third-order valence-corrected chi connectivity index (χ3v) is 2.31. The smallest absolute Gasteiger partial charge is 0.0641 e. The number of nitrogens with zero attached hydrogens (tertiary/aromatic N) is 1. The van der Waals surface area contributed by atoms with E-state index in [0.717, 1.165) is 5.56 Å². The Hall–Kier alpha value is -1.59. The van der Waals surface area contributed by atoms with Crippen molar-refractivity contribution >= 4 is 0 Å². The second kappa shape index (κ2) is 6.00. The molecule has 0 saturated heterocycles. The minimum atomic E-state index is 0.0872. The summed E-state index contributed by atoms with van der Waals surface area (Å²) < 4.78 is 0. The van der Waals surface area contributed by atoms with E-state index in [1.54, 1.807) is 0 Å². The minimum absolute atomic E-state index is 0.0872. The van der Waals surface area contributed by atoms with Crippen LogP contribution in [0.25, 0.3) is 0 Å². The Kier molecular flexibility index (Phi) is 4.59. The first kappa shape index (κ1) is 11.5. The highest BCUT2D eigenvalue weighted by molar-refractivity contribution is 5.20. The number of nitrogens with one attached hydrogen (secondary N) is 1. The molecule has 0 spiro atoms. The SMILES string of the molecule is C=CC(C)NC(CC#N)c1ccccc1. The Bertz CT molecular complexity index is 337. The van der Waals surface area contributed by atoms with E-state index in [0.29, 0.717) is 6.42 Å². The number of benzene rings is 1. The van der Waals surface area contributed by atoms with Crippen molar-refractivity contribution in [2.24, 2.45) is 0 Å². The van der Waals surface area contributed by atoms with Gasteiger partial charge in [-0.25, -0.2) is 0 Å². The molecule has 0 bridgehead atoms. The summed E-state index contributed by atoms with van der Waals surface area (Å²) in [5, 5.41) is 12.1. The Morgan fingerprint density at radius 1 is 1.47 bits per heavy atom. The molecule has 0 aliphatic rings. The Morgan fingerprint density at radius 3 is 2.67 bits per heavy atom. The monoisotopic (exact) mass is 200 g/mol. The maximum atomic E-state index is 8.77. The highest BCUT2D eigenvalue weighted by Crippen LogP contribution is 2.16. The van der Waals surface area contributed by atoms with Crippen molar-refractivity contribution in [1.82, 2.24) is 5.32 Å². The van der Waals surface area contributed by atoms with Crippen LogP contribution in [0.3, 0.4) is 0 Å². The maximum Gasteiger partial charge on any atom is 0.0641 e. The lowest BCUT2D eigenvalue weighted by Crippen LogP contribution is -2.28. The van der Waals surface area contributed by atoms with Crippen molar-refractivity contribution in [2.45, 2.75) is 25.4 Å². The van der Waals surface area contributed by atoms with E-state index in [1.165, 1.54) is 0 Å². The first-order valence-corrected chi connectivity index (χ1v) is 5.08. The lowest BCUT2D eigenvalue weighted by atomic mass is 10.0. The van der Waals surface area contributed by atoms with Gasteiger partial charge in [-0.05, 0) is 12.5 Å². The fourth-order valence-corrected chi connectivity index (χ4v) is 1.44. The average molecular weight is 200 g/mol. The van der Waals surface area contributed by atoms with Crippen molar-refractivity contribution in [3.63, 3.8) is 0 Å². The van der Waals surface area contributed by atoms with Gasteiger partial charge in [0, 0.05) is 12.1 Å². The number of nitriles is 1. The van der Waals surface area contributed by atoms with E-state index in [2.05, 4.69) is 18.0 Å². The molecule has 2 heteroatoms. The van der Waals surface area contributed by atoms with Crippen molar-refractivity contribution in [2.75, 3.05) is 0 Å². The van der Waals surface area contributed by atoms with Gasteiger partial charge in [0.25, 0.3) is 0 Å². The van der Waals surface area contributed by atoms with Gasteiger partial charge in [-0.2, -0.15) is 5.26 Å². The van der Waals surface area contributed by atoms with E-state index in [9.17, 15) is 0 Å². The fraction of sp³-hybridized carbons (Fsp3) is 0.308. The first-order valence-electron chi connectivity index (χ1n) is 5.08. The Morgan fingerprint density at radius 2 is 2.13 bits per heavy atom. The van der Waals surface area contributed by atoms with Gasteiger partial charge in [-0.1, -0.05) is 36.4 Å². The van der Waals surface area contributed by atoms with Crippen molar-refractivity contribution in [1.29, 1.82) is 5.26 Å². The zero-order chi connectivity index (χ0) is 11.1. The van der Waals surface area contributed by atoms with Gasteiger partial charge in [0.05, 0.1) is 12.5 Å². The molecule has 2 atom stereocenters. The van der Waals surface area contributed by atoms with Crippen LogP contribution in [0.2, 0.25) is 0 Å². The lowest BCUT2D eigenvalue weighted by molar-refractivity contribution is 0.510. The standard InChI is InChI=1S/C13H16N2/c1-3-11(2)15-13(9-10-14)12-7-5-4-6-8-12/h3-8,11,13,15H,1,9H2,2H3. The normalized spacial score (nSPS) is 13.9. The quantitative estimate of drug-likeness (QED) is 0.742. The predicted molar refractivity (Wildman–Crippen MR) is 62.2 cm³/mol. The van der Waals surface area contributed by atoms with Crippen LogP contribution in [0.4, 0.5) is 0 Å². The van der Waals surface area contributed by atoms with Crippen LogP contribution in [-0.4, -0.2) is 6.04 Å². The van der Waals surface area contributed by atoms with Crippen LogP contribution in [0.5, 0.6) is 0 Å². The molecule has 0 amide bonds. The van der Waals surface area contributed by atoms with Crippen LogP contribution < -0.4 is 5.32 Å². The van der Waals surface area contributed by atoms with Gasteiger partial charge >= 0.3 is 0 Å². The van der Waals surface area contributed by atoms with Gasteiger partial charge in [0.15, 0.2) is 0 Å². The van der Waals surface area contributed by atoms with Crippen LogP contribution in [0, 0.1) is 11.3 Å². The molecule has 2 nitrogen and oxygen atoms in total. The molecular formula is C13H16N2. The van der Waals surface area contributed by atoms with E-state index in [1.807, 2.05) is 43.3 Å². The molecule has 0 aliphatic heterocycles. The number of rotatable bonds is 5. The second-order valence-corrected chi connectivity index (χ2v) is 3.52. The van der Waals surface area contributed by atoms with Gasteiger partial charge in [-0.3, -0.25) is 0 Å². The molecule has 0 saturated carbocycles. The van der Waals surface area contributed by atoms with Crippen LogP contribution >= 0.6 is 0 Å². The van der Waals surface area contributed by atoms with Crippen LogP contribution in [0.1, 0.15) is 24.9 Å².